The Morgan fingerprint density at radius 2 is 2.08 bits per heavy atom. The van der Waals surface area contributed by atoms with Gasteiger partial charge in [0.05, 0.1) is 18.2 Å². The molecule has 5 nitrogen and oxygen atoms in total. The van der Waals surface area contributed by atoms with E-state index in [-0.39, 0.29) is 11.8 Å². The number of rotatable bonds is 2. The van der Waals surface area contributed by atoms with Gasteiger partial charge in [0, 0.05) is 12.7 Å². The van der Waals surface area contributed by atoms with Crippen molar-refractivity contribution < 1.29 is 17.9 Å². The average molecular weight is 348 g/mol. The van der Waals surface area contributed by atoms with E-state index in [4.69, 9.17) is 10.00 Å². The van der Waals surface area contributed by atoms with Crippen molar-refractivity contribution in [3.63, 3.8) is 0 Å². The number of hydrogen-bond acceptors (Lipinski definition) is 5. The molecule has 1 aliphatic heterocycles. The lowest BCUT2D eigenvalue weighted by molar-refractivity contribution is -0.137. The number of anilines is 1. The summed E-state index contributed by atoms with van der Waals surface area (Å²) in [5, 5.41) is 8.96. The van der Waals surface area contributed by atoms with Gasteiger partial charge in [-0.1, -0.05) is 12.1 Å². The van der Waals surface area contributed by atoms with Gasteiger partial charge in [0.25, 0.3) is 0 Å². The number of nitriles is 1. The van der Waals surface area contributed by atoms with Crippen molar-refractivity contribution in [2.24, 2.45) is 0 Å². The molecule has 0 saturated carbocycles. The molecule has 8 heteroatoms. The molecule has 1 aliphatic rings. The van der Waals surface area contributed by atoms with E-state index in [1.807, 2.05) is 17.9 Å². The molecule has 2 heterocycles. The first-order valence-corrected chi connectivity index (χ1v) is 7.67. The minimum atomic E-state index is -4.40. The van der Waals surface area contributed by atoms with E-state index in [1.165, 1.54) is 18.3 Å². The average Bonchev–Trinajstić information content (AvgIpc) is 2.60. The molecule has 3 rings (SSSR count). The Morgan fingerprint density at radius 3 is 2.80 bits per heavy atom. The fraction of sp³-hybridized carbons (Fsp3) is 0.353. The van der Waals surface area contributed by atoms with Gasteiger partial charge in [0.1, 0.15) is 17.9 Å². The molecule has 0 bridgehead atoms. The Kier molecular flexibility index (Phi) is 4.59. The van der Waals surface area contributed by atoms with Crippen LogP contribution >= 0.6 is 0 Å². The Morgan fingerprint density at radius 1 is 1.28 bits per heavy atom. The number of hydrogen-bond donors (Lipinski definition) is 0. The van der Waals surface area contributed by atoms with Gasteiger partial charge >= 0.3 is 6.18 Å². The number of alkyl halides is 3. The van der Waals surface area contributed by atoms with Gasteiger partial charge in [0.15, 0.2) is 0 Å². The summed E-state index contributed by atoms with van der Waals surface area (Å²) >= 11 is 0. The Balaban J connectivity index is 1.87. The number of aromatic nitrogens is 2. The minimum absolute atomic E-state index is 0.220. The quantitative estimate of drug-likeness (QED) is 0.833. The Bertz CT molecular complexity index is 803. The molecule has 0 radical (unpaired) electrons. The van der Waals surface area contributed by atoms with Crippen molar-refractivity contribution >= 4 is 5.95 Å². The number of benzene rings is 1. The van der Waals surface area contributed by atoms with Crippen LogP contribution in [0, 0.1) is 11.3 Å². The second-order valence-electron chi connectivity index (χ2n) is 5.82. The normalized spacial score (nSPS) is 21.0. The maximum atomic E-state index is 12.9. The number of halogens is 3. The highest BCUT2D eigenvalue weighted by atomic mass is 19.4. The maximum absolute atomic E-state index is 12.9. The molecule has 1 aromatic carbocycles. The first kappa shape index (κ1) is 17.2. The first-order chi connectivity index (χ1) is 11.9. The highest BCUT2D eigenvalue weighted by Gasteiger charge is 2.33. The van der Waals surface area contributed by atoms with Crippen molar-refractivity contribution in [3.05, 3.63) is 53.3 Å². The number of morpholine rings is 1. The summed E-state index contributed by atoms with van der Waals surface area (Å²) < 4.78 is 44.6. The van der Waals surface area contributed by atoms with Gasteiger partial charge in [-0.15, -0.1) is 0 Å². The highest BCUT2D eigenvalue weighted by molar-refractivity contribution is 5.36. The molecule has 25 heavy (non-hydrogen) atoms. The van der Waals surface area contributed by atoms with Crippen molar-refractivity contribution in [3.8, 4) is 6.07 Å². The topological polar surface area (TPSA) is 62.0 Å². The molecule has 0 amide bonds. The highest BCUT2D eigenvalue weighted by Crippen LogP contribution is 2.33. The fourth-order valence-corrected chi connectivity index (χ4v) is 2.78. The predicted molar refractivity (Wildman–Crippen MR) is 83.7 cm³/mol. The third-order valence-electron chi connectivity index (χ3n) is 3.89. The number of nitrogens with zero attached hydrogens (tertiary/aromatic N) is 4. The van der Waals surface area contributed by atoms with Crippen molar-refractivity contribution in [1.82, 2.24) is 9.97 Å². The maximum Gasteiger partial charge on any atom is 0.416 e. The standard InChI is InChI=1S/C17H15F3N4O/c1-11-9-24(16-22-6-5-14(8-21)23-16)10-15(25-11)12-3-2-4-13(7-12)17(18,19)20/h2-7,11,15H,9-10H2,1H3/t11-,15-/m0/s1. The summed E-state index contributed by atoms with van der Waals surface area (Å²) in [6, 6.07) is 8.57. The molecule has 130 valence electrons. The van der Waals surface area contributed by atoms with Gasteiger partial charge < -0.3 is 9.64 Å². The fourth-order valence-electron chi connectivity index (χ4n) is 2.78. The van der Waals surface area contributed by atoms with Crippen LogP contribution in [0.15, 0.2) is 36.5 Å². The lowest BCUT2D eigenvalue weighted by atomic mass is 10.0. The molecular formula is C17H15F3N4O. The van der Waals surface area contributed by atoms with Crippen LogP contribution < -0.4 is 4.90 Å². The molecule has 1 aromatic heterocycles. The molecule has 2 aromatic rings. The largest absolute Gasteiger partial charge is 0.416 e. The van der Waals surface area contributed by atoms with E-state index in [0.717, 1.165) is 12.1 Å². The van der Waals surface area contributed by atoms with Crippen molar-refractivity contribution in [1.29, 1.82) is 5.26 Å². The molecule has 0 N–H and O–H groups in total. The SMILES string of the molecule is C[C@H]1CN(c2nccc(C#N)n2)C[C@@H](c2cccc(C(F)(F)F)c2)O1. The summed E-state index contributed by atoms with van der Waals surface area (Å²) in [5.41, 5.74) is -0.0244. The monoisotopic (exact) mass is 348 g/mol. The zero-order valence-corrected chi connectivity index (χ0v) is 13.4. The second kappa shape index (κ2) is 6.69. The lowest BCUT2D eigenvalue weighted by Gasteiger charge is -2.37. The van der Waals surface area contributed by atoms with Gasteiger partial charge in [-0.05, 0) is 30.7 Å². The predicted octanol–water partition coefficient (Wildman–Crippen LogP) is 3.33. The molecular weight excluding hydrogens is 333 g/mol. The Hall–Kier alpha value is -2.66. The third kappa shape index (κ3) is 3.88. The lowest BCUT2D eigenvalue weighted by Crippen LogP contribution is -2.43. The van der Waals surface area contributed by atoms with Crippen LogP contribution in [-0.2, 0) is 10.9 Å². The van der Waals surface area contributed by atoms with Gasteiger partial charge in [-0.3, -0.25) is 0 Å². The summed E-state index contributed by atoms with van der Waals surface area (Å²) in [4.78, 5) is 10.1. The van der Waals surface area contributed by atoms with Gasteiger partial charge in [-0.2, -0.15) is 18.4 Å². The minimum Gasteiger partial charge on any atom is -0.367 e. The van der Waals surface area contributed by atoms with E-state index < -0.39 is 17.8 Å². The summed E-state index contributed by atoms with van der Waals surface area (Å²) in [6.07, 6.45) is -3.68. The molecule has 1 saturated heterocycles. The van der Waals surface area contributed by atoms with Crippen molar-refractivity contribution in [2.75, 3.05) is 18.0 Å². The van der Waals surface area contributed by atoms with E-state index >= 15 is 0 Å². The van der Waals surface area contributed by atoms with Crippen LogP contribution in [0.5, 0.6) is 0 Å². The van der Waals surface area contributed by atoms with Crippen molar-refractivity contribution in [2.45, 2.75) is 25.3 Å². The number of ether oxygens (including phenoxy) is 1. The third-order valence-corrected chi connectivity index (χ3v) is 3.89. The summed E-state index contributed by atoms with van der Waals surface area (Å²) in [6.45, 7) is 2.63. The van der Waals surface area contributed by atoms with Crippen LogP contribution in [0.2, 0.25) is 0 Å². The van der Waals surface area contributed by atoms with Crippen LogP contribution in [0.25, 0.3) is 0 Å². The molecule has 0 spiro atoms. The van der Waals surface area contributed by atoms with Crippen LogP contribution in [0.1, 0.15) is 29.8 Å². The zero-order valence-electron chi connectivity index (χ0n) is 13.4. The first-order valence-electron chi connectivity index (χ1n) is 7.67. The van der Waals surface area contributed by atoms with E-state index in [9.17, 15) is 13.2 Å². The summed E-state index contributed by atoms with van der Waals surface area (Å²) in [5.74, 6) is 0.367. The van der Waals surface area contributed by atoms with E-state index in [0.29, 0.717) is 24.6 Å². The van der Waals surface area contributed by atoms with E-state index in [1.54, 1.807) is 6.07 Å². The van der Waals surface area contributed by atoms with Gasteiger partial charge in [-0.25, -0.2) is 9.97 Å². The second-order valence-corrected chi connectivity index (χ2v) is 5.82. The van der Waals surface area contributed by atoms with E-state index in [2.05, 4.69) is 9.97 Å². The van der Waals surface area contributed by atoms with Gasteiger partial charge in [0.2, 0.25) is 5.95 Å². The molecule has 0 aliphatic carbocycles. The molecule has 0 unspecified atom stereocenters. The summed E-state index contributed by atoms with van der Waals surface area (Å²) in [7, 11) is 0. The molecule has 2 atom stereocenters. The van der Waals surface area contributed by atoms with Crippen LogP contribution in [-0.4, -0.2) is 29.2 Å². The Labute approximate surface area is 142 Å². The van der Waals surface area contributed by atoms with Crippen LogP contribution in [0.3, 0.4) is 0 Å². The smallest absolute Gasteiger partial charge is 0.367 e. The van der Waals surface area contributed by atoms with Crippen LogP contribution in [0.4, 0.5) is 19.1 Å². The molecule has 1 fully saturated rings. The zero-order chi connectivity index (χ0) is 18.0.